The number of thiazole rings is 1. The number of amides is 1. The van der Waals surface area contributed by atoms with E-state index in [9.17, 15) is 4.79 Å². The molecule has 2 heterocycles. The van der Waals surface area contributed by atoms with Crippen molar-refractivity contribution in [2.45, 2.75) is 6.54 Å². The second-order valence-corrected chi connectivity index (χ2v) is 8.37. The summed E-state index contributed by atoms with van der Waals surface area (Å²) in [5.41, 5.74) is 4.13. The number of morpholine rings is 1. The molecule has 0 spiro atoms. The van der Waals surface area contributed by atoms with Crippen molar-refractivity contribution in [2.24, 2.45) is 0 Å². The summed E-state index contributed by atoms with van der Waals surface area (Å²) in [4.78, 5) is 20.6. The first kappa shape index (κ1) is 20.5. The molecule has 7 heteroatoms. The number of nitrogens with one attached hydrogen (secondary N) is 2. The van der Waals surface area contributed by atoms with Gasteiger partial charge in [-0.25, -0.2) is 4.98 Å². The van der Waals surface area contributed by atoms with Gasteiger partial charge in [-0.3, -0.25) is 4.79 Å². The topological polar surface area (TPSA) is 58.9 Å². The van der Waals surface area contributed by atoms with Gasteiger partial charge in [-0.1, -0.05) is 30.3 Å². The van der Waals surface area contributed by atoms with E-state index in [1.165, 1.54) is 0 Å². The number of carbonyl (C=O) groups is 1. The van der Waals surface area contributed by atoms with Crippen molar-refractivity contribution < 1.29 is 14.4 Å². The Kier molecular flexibility index (Phi) is 6.74. The third-order valence-electron chi connectivity index (χ3n) is 5.05. The van der Waals surface area contributed by atoms with Crippen LogP contribution in [0.15, 0.2) is 60.0 Å². The average Bonchev–Trinajstić information content (AvgIpc) is 3.23. The van der Waals surface area contributed by atoms with Gasteiger partial charge in [0.1, 0.15) is 17.2 Å². The molecule has 0 aliphatic carbocycles. The molecule has 1 fully saturated rings. The van der Waals surface area contributed by atoms with E-state index in [-0.39, 0.29) is 5.91 Å². The molecule has 2 aromatic carbocycles. The van der Waals surface area contributed by atoms with Crippen molar-refractivity contribution in [3.8, 4) is 10.6 Å². The van der Waals surface area contributed by atoms with E-state index in [4.69, 9.17) is 9.72 Å². The number of rotatable bonds is 7. The molecule has 30 heavy (non-hydrogen) atoms. The molecule has 0 radical (unpaired) electrons. The molecular weight excluding hydrogens is 396 g/mol. The van der Waals surface area contributed by atoms with Crippen molar-refractivity contribution in [1.29, 1.82) is 0 Å². The Labute approximate surface area is 181 Å². The van der Waals surface area contributed by atoms with E-state index in [0.717, 1.165) is 58.8 Å². The first-order chi connectivity index (χ1) is 14.7. The quantitative estimate of drug-likeness (QED) is 0.612. The number of anilines is 2. The van der Waals surface area contributed by atoms with Gasteiger partial charge in [-0.05, 0) is 24.3 Å². The van der Waals surface area contributed by atoms with Gasteiger partial charge in [0.05, 0.1) is 20.3 Å². The molecule has 2 N–H and O–H groups in total. The molecule has 1 aromatic heterocycles. The van der Waals surface area contributed by atoms with E-state index < -0.39 is 0 Å². The highest BCUT2D eigenvalue weighted by molar-refractivity contribution is 7.13. The highest BCUT2D eigenvalue weighted by atomic mass is 32.1. The number of likely N-dealkylation sites (N-methyl/N-ethyl adjacent to an activating group) is 1. The van der Waals surface area contributed by atoms with Gasteiger partial charge < -0.3 is 19.9 Å². The average molecular weight is 424 g/mol. The molecule has 1 atom stereocenters. The van der Waals surface area contributed by atoms with Gasteiger partial charge in [-0.15, -0.1) is 11.3 Å². The molecule has 1 aliphatic heterocycles. The smallest absolute Gasteiger partial charge is 0.279 e. The second-order valence-electron chi connectivity index (χ2n) is 7.52. The number of nitrogens with zero attached hydrogens (tertiary/aromatic N) is 2. The SMILES string of the molecule is C[NH+](CC(=O)Nc1ccc(N2CCOCC2)cc1)Cc1csc(-c2ccccc2)n1. The number of benzene rings is 2. The van der Waals surface area contributed by atoms with Crippen LogP contribution in [0.25, 0.3) is 10.6 Å². The molecule has 1 unspecified atom stereocenters. The Bertz CT molecular complexity index is 953. The number of hydrogen-bond donors (Lipinski definition) is 2. The van der Waals surface area contributed by atoms with Crippen molar-refractivity contribution in [3.05, 3.63) is 65.7 Å². The lowest BCUT2D eigenvalue weighted by Crippen LogP contribution is -3.08. The van der Waals surface area contributed by atoms with Crippen LogP contribution in [-0.4, -0.2) is 50.8 Å². The van der Waals surface area contributed by atoms with Gasteiger partial charge in [-0.2, -0.15) is 0 Å². The molecule has 1 saturated heterocycles. The number of quaternary nitrogens is 1. The standard InChI is InChI=1S/C23H26N4O2S/c1-26(15-20-17-30-23(25-20)18-5-3-2-4-6-18)16-22(28)24-19-7-9-21(10-8-19)27-11-13-29-14-12-27/h2-10,17H,11-16H2,1H3,(H,24,28)/p+1. The minimum Gasteiger partial charge on any atom is -0.378 e. The highest BCUT2D eigenvalue weighted by Gasteiger charge is 2.14. The molecule has 1 aliphatic rings. The fourth-order valence-corrected chi connectivity index (χ4v) is 4.36. The minimum absolute atomic E-state index is 0.00475. The summed E-state index contributed by atoms with van der Waals surface area (Å²) < 4.78 is 5.40. The summed E-state index contributed by atoms with van der Waals surface area (Å²) in [7, 11) is 2.02. The Hall–Kier alpha value is -2.74. The summed E-state index contributed by atoms with van der Waals surface area (Å²) in [6, 6.07) is 18.2. The van der Waals surface area contributed by atoms with Crippen LogP contribution >= 0.6 is 11.3 Å². The zero-order valence-corrected chi connectivity index (χ0v) is 18.0. The number of carbonyl (C=O) groups excluding carboxylic acids is 1. The van der Waals surface area contributed by atoms with Gasteiger partial charge in [0.15, 0.2) is 6.54 Å². The first-order valence-electron chi connectivity index (χ1n) is 10.2. The van der Waals surface area contributed by atoms with Crippen molar-refractivity contribution >= 4 is 28.6 Å². The molecule has 1 amide bonds. The largest absolute Gasteiger partial charge is 0.378 e. The fourth-order valence-electron chi connectivity index (χ4n) is 3.53. The van der Waals surface area contributed by atoms with E-state index in [2.05, 4.69) is 39.9 Å². The van der Waals surface area contributed by atoms with Crippen LogP contribution in [0.2, 0.25) is 0 Å². The zero-order valence-electron chi connectivity index (χ0n) is 17.1. The molecular formula is C23H27N4O2S+. The molecule has 0 bridgehead atoms. The second kappa shape index (κ2) is 9.84. The summed E-state index contributed by atoms with van der Waals surface area (Å²) in [6.45, 7) is 4.44. The number of aromatic nitrogens is 1. The Morgan fingerprint density at radius 3 is 2.60 bits per heavy atom. The zero-order chi connectivity index (χ0) is 20.8. The van der Waals surface area contributed by atoms with Gasteiger partial charge in [0.2, 0.25) is 0 Å². The maximum absolute atomic E-state index is 12.4. The van der Waals surface area contributed by atoms with Gasteiger partial charge in [0.25, 0.3) is 5.91 Å². The first-order valence-corrected chi connectivity index (χ1v) is 11.1. The molecule has 4 rings (SSSR count). The molecule has 6 nitrogen and oxygen atoms in total. The third kappa shape index (κ3) is 5.44. The summed E-state index contributed by atoms with van der Waals surface area (Å²) in [5, 5.41) is 6.09. The van der Waals surface area contributed by atoms with Crippen LogP contribution in [0.4, 0.5) is 11.4 Å². The lowest BCUT2D eigenvalue weighted by atomic mass is 10.2. The molecule has 156 valence electrons. The predicted octanol–water partition coefficient (Wildman–Crippen LogP) is 2.30. The van der Waals surface area contributed by atoms with Crippen molar-refractivity contribution in [1.82, 2.24) is 4.98 Å². The highest BCUT2D eigenvalue weighted by Crippen LogP contribution is 2.23. The summed E-state index contributed by atoms with van der Waals surface area (Å²) >= 11 is 1.64. The van der Waals surface area contributed by atoms with E-state index >= 15 is 0 Å². The maximum atomic E-state index is 12.4. The van der Waals surface area contributed by atoms with E-state index in [1.807, 2.05) is 37.4 Å². The van der Waals surface area contributed by atoms with Crippen LogP contribution in [0.1, 0.15) is 5.69 Å². The monoisotopic (exact) mass is 423 g/mol. The Balaban J connectivity index is 1.27. The van der Waals surface area contributed by atoms with Crippen LogP contribution in [-0.2, 0) is 16.1 Å². The van der Waals surface area contributed by atoms with Gasteiger partial charge in [0, 0.05) is 35.4 Å². The number of ether oxygens (including phenoxy) is 1. The maximum Gasteiger partial charge on any atom is 0.279 e. The lowest BCUT2D eigenvalue weighted by molar-refractivity contribution is -0.885. The number of hydrogen-bond acceptors (Lipinski definition) is 5. The predicted molar refractivity (Wildman–Crippen MR) is 121 cm³/mol. The van der Waals surface area contributed by atoms with Gasteiger partial charge >= 0.3 is 0 Å². The Morgan fingerprint density at radius 2 is 1.87 bits per heavy atom. The van der Waals surface area contributed by atoms with Crippen LogP contribution in [0.5, 0.6) is 0 Å². The molecule has 0 saturated carbocycles. The summed E-state index contributed by atoms with van der Waals surface area (Å²) in [6.07, 6.45) is 0. The van der Waals surface area contributed by atoms with Crippen LogP contribution < -0.4 is 15.1 Å². The molecule has 3 aromatic rings. The lowest BCUT2D eigenvalue weighted by Gasteiger charge is -2.28. The third-order valence-corrected chi connectivity index (χ3v) is 5.99. The minimum atomic E-state index is 0.00475. The van der Waals surface area contributed by atoms with E-state index in [0.29, 0.717) is 13.1 Å². The van der Waals surface area contributed by atoms with E-state index in [1.54, 1.807) is 11.3 Å². The summed E-state index contributed by atoms with van der Waals surface area (Å²) in [5.74, 6) is 0.00475. The Morgan fingerprint density at radius 1 is 1.13 bits per heavy atom. The fraction of sp³-hybridized carbons (Fsp3) is 0.304. The van der Waals surface area contributed by atoms with Crippen molar-refractivity contribution in [2.75, 3.05) is 50.1 Å². The van der Waals surface area contributed by atoms with Crippen molar-refractivity contribution in [3.63, 3.8) is 0 Å². The van der Waals surface area contributed by atoms with Crippen LogP contribution in [0, 0.1) is 0 Å². The van der Waals surface area contributed by atoms with Crippen LogP contribution in [0.3, 0.4) is 0 Å². The normalized spacial score (nSPS) is 15.0.